The Balaban J connectivity index is 1.83. The van der Waals surface area contributed by atoms with E-state index in [1.165, 1.54) is 12.5 Å². The second-order valence-electron chi connectivity index (χ2n) is 4.93. The lowest BCUT2D eigenvalue weighted by Crippen LogP contribution is -2.35. The number of carbonyl (C=O) groups excluding carboxylic acids is 2. The molecule has 100 valence electrons. The lowest BCUT2D eigenvalue weighted by atomic mass is 9.89. The summed E-state index contributed by atoms with van der Waals surface area (Å²) in [7, 11) is 0. The molecule has 1 N–H and O–H groups in total. The Morgan fingerprint density at radius 3 is 2.42 bits per heavy atom. The summed E-state index contributed by atoms with van der Waals surface area (Å²) in [5.74, 6) is -0.440. The maximum atomic E-state index is 11.9. The molecule has 0 aromatic heterocycles. The van der Waals surface area contributed by atoms with Crippen molar-refractivity contribution in [2.75, 3.05) is 0 Å². The van der Waals surface area contributed by atoms with Crippen molar-refractivity contribution in [3.63, 3.8) is 0 Å². The van der Waals surface area contributed by atoms with E-state index in [0.29, 0.717) is 0 Å². The zero-order valence-electron chi connectivity index (χ0n) is 11.0. The van der Waals surface area contributed by atoms with Crippen molar-refractivity contribution in [1.29, 1.82) is 0 Å². The summed E-state index contributed by atoms with van der Waals surface area (Å²) in [5, 5.41) is 2.46. The first-order chi connectivity index (χ1) is 9.25. The van der Waals surface area contributed by atoms with E-state index in [4.69, 9.17) is 0 Å². The van der Waals surface area contributed by atoms with Crippen molar-refractivity contribution in [2.24, 2.45) is 5.92 Å². The predicted octanol–water partition coefficient (Wildman–Crippen LogP) is 2.92. The highest BCUT2D eigenvalue weighted by molar-refractivity contribution is 6.03. The molecule has 2 rings (SSSR count). The van der Waals surface area contributed by atoms with Crippen molar-refractivity contribution in [3.05, 3.63) is 42.0 Å². The molecular formula is C16H19NO2. The highest BCUT2D eigenvalue weighted by Gasteiger charge is 2.21. The molecule has 0 unspecified atom stereocenters. The number of carbonyl (C=O) groups is 2. The summed E-state index contributed by atoms with van der Waals surface area (Å²) >= 11 is 0. The molecule has 1 fully saturated rings. The average molecular weight is 257 g/mol. The molecule has 3 heteroatoms. The molecule has 2 amide bonds. The normalized spacial score (nSPS) is 16.4. The molecule has 0 saturated heterocycles. The molecule has 0 atom stereocenters. The van der Waals surface area contributed by atoms with Crippen molar-refractivity contribution in [1.82, 2.24) is 5.32 Å². The van der Waals surface area contributed by atoms with Crippen molar-refractivity contribution in [2.45, 2.75) is 32.1 Å². The zero-order chi connectivity index (χ0) is 13.5. The van der Waals surface area contributed by atoms with Crippen LogP contribution in [0.25, 0.3) is 6.08 Å². The van der Waals surface area contributed by atoms with Gasteiger partial charge in [-0.2, -0.15) is 0 Å². The van der Waals surface area contributed by atoms with Crippen LogP contribution >= 0.6 is 0 Å². The summed E-state index contributed by atoms with van der Waals surface area (Å²) < 4.78 is 0. The largest absolute Gasteiger partial charge is 0.293 e. The van der Waals surface area contributed by atoms with E-state index >= 15 is 0 Å². The van der Waals surface area contributed by atoms with Gasteiger partial charge < -0.3 is 0 Å². The first-order valence-corrected chi connectivity index (χ1v) is 6.83. The van der Waals surface area contributed by atoms with Crippen LogP contribution in [0.2, 0.25) is 0 Å². The van der Waals surface area contributed by atoms with Crippen molar-refractivity contribution < 1.29 is 9.59 Å². The van der Waals surface area contributed by atoms with Gasteiger partial charge in [0.15, 0.2) is 0 Å². The van der Waals surface area contributed by atoms with Gasteiger partial charge in [0.2, 0.25) is 5.91 Å². The second-order valence-corrected chi connectivity index (χ2v) is 4.93. The van der Waals surface area contributed by atoms with Crippen LogP contribution < -0.4 is 5.32 Å². The van der Waals surface area contributed by atoms with Gasteiger partial charge in [-0.3, -0.25) is 14.9 Å². The molecule has 1 saturated carbocycles. The van der Waals surface area contributed by atoms with Crippen LogP contribution in [0, 0.1) is 5.92 Å². The Morgan fingerprint density at radius 2 is 1.74 bits per heavy atom. The highest BCUT2D eigenvalue weighted by atomic mass is 16.2. The van der Waals surface area contributed by atoms with Crippen molar-refractivity contribution in [3.8, 4) is 0 Å². The van der Waals surface area contributed by atoms with E-state index in [9.17, 15) is 9.59 Å². The Morgan fingerprint density at radius 1 is 1.05 bits per heavy atom. The van der Waals surface area contributed by atoms with Crippen LogP contribution in [0.15, 0.2) is 36.4 Å². The van der Waals surface area contributed by atoms with Crippen LogP contribution in [0.4, 0.5) is 0 Å². The first kappa shape index (κ1) is 13.5. The molecule has 0 bridgehead atoms. The monoisotopic (exact) mass is 257 g/mol. The van der Waals surface area contributed by atoms with Gasteiger partial charge in [0.25, 0.3) is 5.91 Å². The van der Waals surface area contributed by atoms with Gasteiger partial charge in [0, 0.05) is 12.0 Å². The van der Waals surface area contributed by atoms with Gasteiger partial charge in [-0.05, 0) is 24.5 Å². The third kappa shape index (κ3) is 4.36. The summed E-state index contributed by atoms with van der Waals surface area (Å²) in [5.41, 5.74) is 0.947. The van der Waals surface area contributed by atoms with Gasteiger partial charge in [0.1, 0.15) is 0 Å². The summed E-state index contributed by atoms with van der Waals surface area (Å²) in [6.07, 6.45) is 8.31. The topological polar surface area (TPSA) is 46.2 Å². The third-order valence-corrected chi connectivity index (χ3v) is 3.45. The number of benzene rings is 1. The smallest absolute Gasteiger partial charge is 0.250 e. The number of nitrogens with one attached hydrogen (secondary N) is 1. The predicted molar refractivity (Wildman–Crippen MR) is 75.2 cm³/mol. The molecule has 0 radical (unpaired) electrons. The van der Waals surface area contributed by atoms with Crippen LogP contribution in [0.5, 0.6) is 0 Å². The number of amides is 2. The SMILES string of the molecule is O=C(/C=C/c1ccccc1)NC(=O)C1CCCCC1. The number of rotatable bonds is 3. The summed E-state index contributed by atoms with van der Waals surface area (Å²) in [4.78, 5) is 23.5. The van der Waals surface area contributed by atoms with E-state index in [1.807, 2.05) is 30.3 Å². The van der Waals surface area contributed by atoms with E-state index in [-0.39, 0.29) is 17.7 Å². The summed E-state index contributed by atoms with van der Waals surface area (Å²) in [6.45, 7) is 0. The second kappa shape index (κ2) is 6.88. The lowest BCUT2D eigenvalue weighted by molar-refractivity contribution is -0.131. The first-order valence-electron chi connectivity index (χ1n) is 6.83. The van der Waals surface area contributed by atoms with E-state index < -0.39 is 0 Å². The molecule has 3 nitrogen and oxygen atoms in total. The van der Waals surface area contributed by atoms with Gasteiger partial charge in [0.05, 0.1) is 0 Å². The Labute approximate surface area is 113 Å². The highest BCUT2D eigenvalue weighted by Crippen LogP contribution is 2.23. The Hall–Kier alpha value is -1.90. The molecule has 1 aliphatic carbocycles. The fourth-order valence-corrected chi connectivity index (χ4v) is 2.37. The molecule has 1 aromatic carbocycles. The van der Waals surface area contributed by atoms with Gasteiger partial charge in [-0.25, -0.2) is 0 Å². The third-order valence-electron chi connectivity index (χ3n) is 3.45. The number of hydrogen-bond acceptors (Lipinski definition) is 2. The average Bonchev–Trinajstić information content (AvgIpc) is 2.47. The molecule has 0 spiro atoms. The minimum Gasteiger partial charge on any atom is -0.293 e. The Bertz CT molecular complexity index is 459. The fraction of sp³-hybridized carbons (Fsp3) is 0.375. The lowest BCUT2D eigenvalue weighted by Gasteiger charge is -2.19. The number of imide groups is 1. The van der Waals surface area contributed by atoms with E-state index in [1.54, 1.807) is 6.08 Å². The molecule has 1 aromatic rings. The van der Waals surface area contributed by atoms with Crippen LogP contribution in [-0.2, 0) is 9.59 Å². The molecule has 0 aliphatic heterocycles. The molecule has 19 heavy (non-hydrogen) atoms. The molecular weight excluding hydrogens is 238 g/mol. The van der Waals surface area contributed by atoms with E-state index in [0.717, 1.165) is 31.2 Å². The standard InChI is InChI=1S/C16H19NO2/c18-15(12-11-13-7-3-1-4-8-13)17-16(19)14-9-5-2-6-10-14/h1,3-4,7-8,11-12,14H,2,5-6,9-10H2,(H,17,18,19)/b12-11+. The molecule has 1 aliphatic rings. The minimum absolute atomic E-state index is 0.0165. The van der Waals surface area contributed by atoms with Gasteiger partial charge in [-0.15, -0.1) is 0 Å². The van der Waals surface area contributed by atoms with Crippen LogP contribution in [0.1, 0.15) is 37.7 Å². The van der Waals surface area contributed by atoms with Crippen LogP contribution in [-0.4, -0.2) is 11.8 Å². The quantitative estimate of drug-likeness (QED) is 0.846. The zero-order valence-corrected chi connectivity index (χ0v) is 11.0. The fourth-order valence-electron chi connectivity index (χ4n) is 2.37. The van der Waals surface area contributed by atoms with Gasteiger partial charge >= 0.3 is 0 Å². The maximum Gasteiger partial charge on any atom is 0.250 e. The van der Waals surface area contributed by atoms with E-state index in [2.05, 4.69) is 5.32 Å². The summed E-state index contributed by atoms with van der Waals surface area (Å²) in [6, 6.07) is 9.55. The maximum absolute atomic E-state index is 11.9. The Kier molecular flexibility index (Phi) is 4.90. The van der Waals surface area contributed by atoms with Crippen LogP contribution in [0.3, 0.4) is 0 Å². The van der Waals surface area contributed by atoms with Crippen molar-refractivity contribution >= 4 is 17.9 Å². The molecule has 0 heterocycles. The van der Waals surface area contributed by atoms with Gasteiger partial charge in [-0.1, -0.05) is 49.6 Å². The number of hydrogen-bond donors (Lipinski definition) is 1. The minimum atomic E-state index is -0.334.